The van der Waals surface area contributed by atoms with Gasteiger partial charge >= 0.3 is 0 Å². The molecule has 122 valence electrons. The molecule has 1 heterocycles. The average Bonchev–Trinajstić information content (AvgIpc) is 2.39. The summed E-state index contributed by atoms with van der Waals surface area (Å²) >= 11 is 0. The quantitative estimate of drug-likeness (QED) is 0.702. The molecule has 0 bridgehead atoms. The lowest BCUT2D eigenvalue weighted by Gasteiger charge is -2.37. The topological polar surface area (TPSA) is 95.6 Å². The minimum atomic E-state index is -3.45. The van der Waals surface area contributed by atoms with Crippen molar-refractivity contribution in [3.8, 4) is 0 Å². The van der Waals surface area contributed by atoms with E-state index >= 15 is 0 Å². The van der Waals surface area contributed by atoms with Crippen molar-refractivity contribution in [1.82, 2.24) is 14.9 Å². The highest BCUT2D eigenvalue weighted by molar-refractivity contribution is 7.89. The minimum Gasteiger partial charge on any atom is -0.353 e. The number of hydrogen-bond donors (Lipinski definition) is 2. The second-order valence-corrected chi connectivity index (χ2v) is 7.75. The maximum absolute atomic E-state index is 12.4. The van der Waals surface area contributed by atoms with Gasteiger partial charge in [0.1, 0.15) is 6.04 Å². The summed E-state index contributed by atoms with van der Waals surface area (Å²) in [6.45, 7) is 7.78. The Labute approximate surface area is 126 Å². The van der Waals surface area contributed by atoms with Gasteiger partial charge in [0, 0.05) is 13.1 Å². The lowest BCUT2D eigenvalue weighted by Crippen LogP contribution is -2.61. The summed E-state index contributed by atoms with van der Waals surface area (Å²) < 4.78 is 25.5. The van der Waals surface area contributed by atoms with E-state index in [0.29, 0.717) is 19.5 Å². The molecule has 7 nitrogen and oxygen atoms in total. The molecule has 1 saturated heterocycles. The van der Waals surface area contributed by atoms with Crippen LogP contribution in [0.4, 0.5) is 0 Å². The van der Waals surface area contributed by atoms with Crippen LogP contribution in [0.3, 0.4) is 0 Å². The molecule has 1 aliphatic heterocycles. The number of carbonyl (C=O) groups excluding carboxylic acids is 2. The van der Waals surface area contributed by atoms with Crippen LogP contribution in [0.1, 0.15) is 34.1 Å². The molecule has 0 spiro atoms. The summed E-state index contributed by atoms with van der Waals surface area (Å²) in [5, 5.41) is 2.75. The summed E-state index contributed by atoms with van der Waals surface area (Å²) in [6.07, 6.45) is 0.560. The lowest BCUT2D eigenvalue weighted by molar-refractivity contribution is -0.144. The van der Waals surface area contributed by atoms with Crippen molar-refractivity contribution in [2.24, 2.45) is 5.92 Å². The normalized spacial score (nSPS) is 21.3. The molecule has 0 aromatic rings. The second kappa shape index (κ2) is 7.22. The molecule has 21 heavy (non-hydrogen) atoms. The standard InChI is InChI=1S/C13H25N3O4S/c1-5-21(19,20)15-10(4)13(18)16-7-6-14-12(17)11(16)8-9(2)3/h9-11,15H,5-8H2,1-4H3,(H,14,17)/t10-,11-/m1/s1. The monoisotopic (exact) mass is 319 g/mol. The first-order chi connectivity index (χ1) is 9.68. The highest BCUT2D eigenvalue weighted by Gasteiger charge is 2.35. The molecule has 0 radical (unpaired) electrons. The van der Waals surface area contributed by atoms with Crippen LogP contribution in [-0.4, -0.2) is 56.1 Å². The van der Waals surface area contributed by atoms with E-state index in [1.807, 2.05) is 13.8 Å². The van der Waals surface area contributed by atoms with Crippen LogP contribution < -0.4 is 10.0 Å². The van der Waals surface area contributed by atoms with E-state index < -0.39 is 22.1 Å². The Morgan fingerprint density at radius 3 is 2.57 bits per heavy atom. The zero-order valence-electron chi connectivity index (χ0n) is 13.0. The number of carbonyl (C=O) groups is 2. The second-order valence-electron chi connectivity index (χ2n) is 5.71. The average molecular weight is 319 g/mol. The Morgan fingerprint density at radius 1 is 1.43 bits per heavy atom. The summed E-state index contributed by atoms with van der Waals surface area (Å²) in [6, 6.07) is -1.39. The number of hydrogen-bond acceptors (Lipinski definition) is 4. The maximum Gasteiger partial charge on any atom is 0.242 e. The first-order valence-corrected chi connectivity index (χ1v) is 8.91. The van der Waals surface area contributed by atoms with E-state index in [9.17, 15) is 18.0 Å². The Kier molecular flexibility index (Phi) is 6.15. The smallest absolute Gasteiger partial charge is 0.242 e. The van der Waals surface area contributed by atoms with Crippen molar-refractivity contribution >= 4 is 21.8 Å². The molecule has 0 unspecified atom stereocenters. The molecule has 2 amide bonds. The van der Waals surface area contributed by atoms with Gasteiger partial charge in [0.2, 0.25) is 21.8 Å². The highest BCUT2D eigenvalue weighted by atomic mass is 32.2. The van der Waals surface area contributed by atoms with Crippen molar-refractivity contribution < 1.29 is 18.0 Å². The first-order valence-electron chi connectivity index (χ1n) is 7.26. The first kappa shape index (κ1) is 17.9. The summed E-state index contributed by atoms with van der Waals surface area (Å²) in [5.41, 5.74) is 0. The van der Waals surface area contributed by atoms with Crippen LogP contribution in [-0.2, 0) is 19.6 Å². The fourth-order valence-electron chi connectivity index (χ4n) is 2.31. The van der Waals surface area contributed by atoms with Crippen molar-refractivity contribution in [3.05, 3.63) is 0 Å². The van der Waals surface area contributed by atoms with Crippen molar-refractivity contribution in [1.29, 1.82) is 0 Å². The van der Waals surface area contributed by atoms with E-state index in [1.165, 1.54) is 18.7 Å². The summed E-state index contributed by atoms with van der Waals surface area (Å²) in [5.74, 6) is -0.348. The van der Waals surface area contributed by atoms with Crippen LogP contribution in [0.5, 0.6) is 0 Å². The minimum absolute atomic E-state index is 0.0828. The van der Waals surface area contributed by atoms with Crippen molar-refractivity contribution in [2.45, 2.75) is 46.2 Å². The molecule has 8 heteroatoms. The van der Waals surface area contributed by atoms with Gasteiger partial charge in [-0.05, 0) is 26.2 Å². The number of piperazine rings is 1. The molecule has 1 aliphatic rings. The van der Waals surface area contributed by atoms with Gasteiger partial charge in [-0.25, -0.2) is 13.1 Å². The van der Waals surface area contributed by atoms with Gasteiger partial charge in [-0.2, -0.15) is 0 Å². The van der Waals surface area contributed by atoms with Crippen LogP contribution in [0.25, 0.3) is 0 Å². The number of amides is 2. The molecular weight excluding hydrogens is 294 g/mol. The van der Waals surface area contributed by atoms with Crippen LogP contribution >= 0.6 is 0 Å². The summed E-state index contributed by atoms with van der Waals surface area (Å²) in [4.78, 5) is 25.9. The number of nitrogens with zero attached hydrogens (tertiary/aromatic N) is 1. The van der Waals surface area contributed by atoms with Crippen molar-refractivity contribution in [3.63, 3.8) is 0 Å². The molecule has 0 aromatic heterocycles. The largest absolute Gasteiger partial charge is 0.353 e. The lowest BCUT2D eigenvalue weighted by atomic mass is 9.99. The van der Waals surface area contributed by atoms with Gasteiger partial charge in [0.25, 0.3) is 0 Å². The highest BCUT2D eigenvalue weighted by Crippen LogP contribution is 2.16. The predicted octanol–water partition coefficient (Wildman–Crippen LogP) is -0.313. The van der Waals surface area contributed by atoms with Gasteiger partial charge in [-0.1, -0.05) is 13.8 Å². The van der Waals surface area contributed by atoms with E-state index in [1.54, 1.807) is 0 Å². The van der Waals surface area contributed by atoms with E-state index in [-0.39, 0.29) is 23.5 Å². The molecule has 2 N–H and O–H groups in total. The van der Waals surface area contributed by atoms with Crippen LogP contribution in [0, 0.1) is 5.92 Å². The molecular formula is C13H25N3O4S. The van der Waals surface area contributed by atoms with E-state index in [0.717, 1.165) is 0 Å². The maximum atomic E-state index is 12.4. The fourth-order valence-corrected chi connectivity index (χ4v) is 3.12. The zero-order chi connectivity index (χ0) is 16.2. The third-order valence-electron chi connectivity index (χ3n) is 3.42. The van der Waals surface area contributed by atoms with Gasteiger partial charge < -0.3 is 10.2 Å². The number of sulfonamides is 1. The van der Waals surface area contributed by atoms with Gasteiger partial charge in [-0.3, -0.25) is 9.59 Å². The van der Waals surface area contributed by atoms with Gasteiger partial charge in [0.05, 0.1) is 11.8 Å². The van der Waals surface area contributed by atoms with Gasteiger partial charge in [-0.15, -0.1) is 0 Å². The van der Waals surface area contributed by atoms with Crippen LogP contribution in [0.2, 0.25) is 0 Å². The third kappa shape index (κ3) is 4.96. The van der Waals surface area contributed by atoms with Crippen LogP contribution in [0.15, 0.2) is 0 Å². The summed E-state index contributed by atoms with van der Waals surface area (Å²) in [7, 11) is -3.45. The Hall–Kier alpha value is -1.15. The van der Waals surface area contributed by atoms with Crippen molar-refractivity contribution in [2.75, 3.05) is 18.8 Å². The molecule has 0 saturated carbocycles. The Balaban J connectivity index is 2.84. The molecule has 0 aromatic carbocycles. The number of rotatable bonds is 6. The molecule has 1 fully saturated rings. The fraction of sp³-hybridized carbons (Fsp3) is 0.846. The Morgan fingerprint density at radius 2 is 2.05 bits per heavy atom. The Bertz CT molecular complexity index is 490. The molecule has 1 rings (SSSR count). The SMILES string of the molecule is CCS(=O)(=O)N[C@H](C)C(=O)N1CCNC(=O)[C@H]1CC(C)C. The third-order valence-corrected chi connectivity index (χ3v) is 4.89. The van der Waals surface area contributed by atoms with E-state index in [2.05, 4.69) is 10.0 Å². The number of nitrogens with one attached hydrogen (secondary N) is 2. The van der Waals surface area contributed by atoms with Gasteiger partial charge in [0.15, 0.2) is 0 Å². The molecule has 2 atom stereocenters. The van der Waals surface area contributed by atoms with E-state index in [4.69, 9.17) is 0 Å². The molecule has 0 aliphatic carbocycles. The predicted molar refractivity (Wildman–Crippen MR) is 80.0 cm³/mol. The zero-order valence-corrected chi connectivity index (χ0v) is 13.9.